The number of hydrogen-bond donors (Lipinski definition) is 1. The number of nitrogens with zero attached hydrogens (tertiary/aromatic N) is 3. The van der Waals surface area contributed by atoms with E-state index in [1.165, 1.54) is 0 Å². The van der Waals surface area contributed by atoms with Crippen LogP contribution in [-0.4, -0.2) is 78.0 Å². The minimum Gasteiger partial charge on any atom is -0.389 e. The minimum atomic E-state index is -0.482. The molecule has 0 spiro atoms. The fourth-order valence-electron chi connectivity index (χ4n) is 2.68. The van der Waals surface area contributed by atoms with Crippen LogP contribution >= 0.6 is 0 Å². The Morgan fingerprint density at radius 1 is 1.36 bits per heavy atom. The summed E-state index contributed by atoms with van der Waals surface area (Å²) in [5, 5.41) is 13.7. The van der Waals surface area contributed by atoms with Gasteiger partial charge in [0.15, 0.2) is 0 Å². The van der Waals surface area contributed by atoms with Crippen molar-refractivity contribution in [2.24, 2.45) is 0 Å². The lowest BCUT2D eigenvalue weighted by molar-refractivity contribution is 0.0111. The molecule has 0 saturated carbocycles. The van der Waals surface area contributed by atoms with E-state index in [0.717, 1.165) is 13.1 Å². The van der Waals surface area contributed by atoms with Gasteiger partial charge in [0.05, 0.1) is 18.4 Å². The van der Waals surface area contributed by atoms with Crippen molar-refractivity contribution in [2.45, 2.75) is 26.9 Å². The van der Waals surface area contributed by atoms with Crippen LogP contribution in [0.2, 0.25) is 0 Å². The van der Waals surface area contributed by atoms with Gasteiger partial charge < -0.3 is 19.3 Å². The van der Waals surface area contributed by atoms with Gasteiger partial charge in [0.1, 0.15) is 11.3 Å². The summed E-state index contributed by atoms with van der Waals surface area (Å²) in [5.41, 5.74) is 1.21. The lowest BCUT2D eigenvalue weighted by atomic mass is 10.1. The van der Waals surface area contributed by atoms with Gasteiger partial charge in [-0.2, -0.15) is 0 Å². The summed E-state index contributed by atoms with van der Waals surface area (Å²) in [4.78, 5) is 16.5. The first kappa shape index (κ1) is 16.9. The molecular weight excluding hydrogens is 286 g/mol. The van der Waals surface area contributed by atoms with Gasteiger partial charge in [-0.05, 0) is 20.8 Å². The van der Waals surface area contributed by atoms with Crippen molar-refractivity contribution in [1.29, 1.82) is 0 Å². The second kappa shape index (κ2) is 7.71. The lowest BCUT2D eigenvalue weighted by Gasteiger charge is -2.35. The number of aliphatic hydroxyl groups is 1. The lowest BCUT2D eigenvalue weighted by Crippen LogP contribution is -2.51. The van der Waals surface area contributed by atoms with Crippen LogP contribution in [0.3, 0.4) is 0 Å². The normalized spacial score (nSPS) is 17.7. The molecule has 1 aliphatic heterocycles. The van der Waals surface area contributed by atoms with Crippen molar-refractivity contribution < 1.29 is 19.2 Å². The zero-order valence-electron chi connectivity index (χ0n) is 13.5. The van der Waals surface area contributed by atoms with Gasteiger partial charge in [-0.1, -0.05) is 5.16 Å². The van der Waals surface area contributed by atoms with Crippen LogP contribution in [-0.2, 0) is 4.74 Å². The fraction of sp³-hybridized carbons (Fsp3) is 0.733. The predicted octanol–water partition coefficient (Wildman–Crippen LogP) is 0.447. The topological polar surface area (TPSA) is 79.0 Å². The molecular formula is C15H25N3O4. The molecule has 1 aliphatic rings. The molecule has 0 aliphatic carbocycles. The van der Waals surface area contributed by atoms with Gasteiger partial charge in [0.25, 0.3) is 5.91 Å². The monoisotopic (exact) mass is 311 g/mol. The summed E-state index contributed by atoms with van der Waals surface area (Å²) in [6.45, 7) is 9.77. The first-order valence-electron chi connectivity index (χ1n) is 7.73. The Hall–Kier alpha value is -1.44. The summed E-state index contributed by atoms with van der Waals surface area (Å²) >= 11 is 0. The van der Waals surface area contributed by atoms with Crippen LogP contribution in [0.25, 0.3) is 0 Å². The zero-order valence-corrected chi connectivity index (χ0v) is 13.5. The number of aromatic nitrogens is 1. The number of carbonyl (C=O) groups excluding carboxylic acids is 1. The van der Waals surface area contributed by atoms with E-state index in [0.29, 0.717) is 49.9 Å². The molecule has 124 valence electrons. The molecule has 2 heterocycles. The summed E-state index contributed by atoms with van der Waals surface area (Å²) < 4.78 is 10.3. The molecule has 0 radical (unpaired) electrons. The molecule has 1 amide bonds. The largest absolute Gasteiger partial charge is 0.389 e. The second-order valence-corrected chi connectivity index (χ2v) is 5.61. The van der Waals surface area contributed by atoms with Crippen molar-refractivity contribution in [3.63, 3.8) is 0 Å². The first-order chi connectivity index (χ1) is 10.5. The highest BCUT2D eigenvalue weighted by molar-refractivity contribution is 5.96. The van der Waals surface area contributed by atoms with E-state index in [4.69, 9.17) is 9.26 Å². The molecule has 0 unspecified atom stereocenters. The molecule has 2 rings (SSSR count). The number of hydrogen-bond acceptors (Lipinski definition) is 6. The molecule has 1 aromatic rings. The molecule has 22 heavy (non-hydrogen) atoms. The molecule has 1 atom stereocenters. The number of aryl methyl sites for hydroxylation is 2. The first-order valence-corrected chi connectivity index (χ1v) is 7.73. The van der Waals surface area contributed by atoms with Gasteiger partial charge in [0.2, 0.25) is 0 Å². The van der Waals surface area contributed by atoms with Crippen molar-refractivity contribution in [3.8, 4) is 0 Å². The van der Waals surface area contributed by atoms with E-state index in [9.17, 15) is 9.90 Å². The molecule has 0 bridgehead atoms. The summed E-state index contributed by atoms with van der Waals surface area (Å²) in [6, 6.07) is 0. The second-order valence-electron chi connectivity index (χ2n) is 5.61. The number of β-amino-alcohol motifs (C(OH)–C–C–N with tert-alkyl or cyclic N) is 1. The molecule has 1 saturated heterocycles. The predicted molar refractivity (Wildman–Crippen MR) is 80.8 cm³/mol. The van der Waals surface area contributed by atoms with Gasteiger partial charge in [-0.25, -0.2) is 0 Å². The molecule has 0 aromatic carbocycles. The van der Waals surface area contributed by atoms with Crippen LogP contribution in [0.4, 0.5) is 0 Å². The van der Waals surface area contributed by atoms with Crippen molar-refractivity contribution in [1.82, 2.24) is 15.0 Å². The van der Waals surface area contributed by atoms with Gasteiger partial charge in [0, 0.05) is 39.3 Å². The third kappa shape index (κ3) is 4.06. The summed E-state index contributed by atoms with van der Waals surface area (Å²) in [6.07, 6.45) is -0.482. The molecule has 1 aromatic heterocycles. The Morgan fingerprint density at radius 2 is 2.05 bits per heavy atom. The smallest absolute Gasteiger partial charge is 0.259 e. The Balaban J connectivity index is 1.83. The molecule has 1 N–H and O–H groups in total. The van der Waals surface area contributed by atoms with E-state index < -0.39 is 6.10 Å². The molecule has 7 nitrogen and oxygen atoms in total. The van der Waals surface area contributed by atoms with Crippen LogP contribution in [0.5, 0.6) is 0 Å². The number of rotatable bonds is 6. The van der Waals surface area contributed by atoms with Crippen LogP contribution in [0, 0.1) is 13.8 Å². The summed E-state index contributed by atoms with van der Waals surface area (Å²) in [5.74, 6) is 0.544. The Labute approximate surface area is 130 Å². The molecule has 1 fully saturated rings. The number of carbonyl (C=O) groups is 1. The average Bonchev–Trinajstić information content (AvgIpc) is 2.84. The van der Waals surface area contributed by atoms with Crippen molar-refractivity contribution >= 4 is 5.91 Å². The number of amides is 1. The fourth-order valence-corrected chi connectivity index (χ4v) is 2.68. The number of piperazine rings is 1. The maximum absolute atomic E-state index is 12.5. The highest BCUT2D eigenvalue weighted by atomic mass is 16.5. The van der Waals surface area contributed by atoms with E-state index in [1.54, 1.807) is 13.8 Å². The van der Waals surface area contributed by atoms with Crippen LogP contribution < -0.4 is 0 Å². The highest BCUT2D eigenvalue weighted by Gasteiger charge is 2.27. The van der Waals surface area contributed by atoms with E-state index in [-0.39, 0.29) is 5.91 Å². The average molecular weight is 311 g/mol. The SMILES string of the molecule is CCOC[C@@H](O)CN1CCN(C(=O)c2c(C)noc2C)CC1. The maximum atomic E-state index is 12.5. The third-order valence-corrected chi connectivity index (χ3v) is 3.89. The van der Waals surface area contributed by atoms with Gasteiger partial charge in [-0.15, -0.1) is 0 Å². The maximum Gasteiger partial charge on any atom is 0.259 e. The van der Waals surface area contributed by atoms with Crippen molar-refractivity contribution in [3.05, 3.63) is 17.0 Å². The van der Waals surface area contributed by atoms with Crippen LogP contribution in [0.15, 0.2) is 4.52 Å². The Kier molecular flexibility index (Phi) is 5.93. The Morgan fingerprint density at radius 3 is 2.59 bits per heavy atom. The van der Waals surface area contributed by atoms with E-state index in [1.807, 2.05) is 11.8 Å². The third-order valence-electron chi connectivity index (χ3n) is 3.89. The number of aliphatic hydroxyl groups excluding tert-OH is 1. The summed E-state index contributed by atoms with van der Waals surface area (Å²) in [7, 11) is 0. The van der Waals surface area contributed by atoms with Crippen molar-refractivity contribution in [2.75, 3.05) is 45.9 Å². The van der Waals surface area contributed by atoms with Gasteiger partial charge >= 0.3 is 0 Å². The quantitative estimate of drug-likeness (QED) is 0.821. The molecule has 7 heteroatoms. The highest BCUT2D eigenvalue weighted by Crippen LogP contribution is 2.16. The van der Waals surface area contributed by atoms with Gasteiger partial charge in [-0.3, -0.25) is 9.69 Å². The van der Waals surface area contributed by atoms with E-state index in [2.05, 4.69) is 10.1 Å². The van der Waals surface area contributed by atoms with Crippen LogP contribution in [0.1, 0.15) is 28.7 Å². The number of ether oxygens (including phenoxy) is 1. The standard InChI is InChI=1S/C15H25N3O4/c1-4-21-10-13(19)9-17-5-7-18(8-6-17)15(20)14-11(2)16-22-12(14)3/h13,19H,4-10H2,1-3H3/t13-/m0/s1. The zero-order chi connectivity index (χ0) is 16.1. The minimum absolute atomic E-state index is 0.0224. The van der Waals surface area contributed by atoms with E-state index >= 15 is 0 Å². The Bertz CT molecular complexity index is 475.